The molecule has 108 valence electrons. The van der Waals surface area contributed by atoms with Crippen molar-refractivity contribution in [2.24, 2.45) is 0 Å². The summed E-state index contributed by atoms with van der Waals surface area (Å²) in [6, 6.07) is 0.763. The lowest BCUT2D eigenvalue weighted by molar-refractivity contribution is 0.290. The van der Waals surface area contributed by atoms with Crippen molar-refractivity contribution in [3.05, 3.63) is 0 Å². The standard InChI is InChI=1S/C17H35N/c1-4-17(2,3)18-16-14-12-10-8-6-5-7-9-11-13-15-16/h16,18H,4-15H2,1-3H3. The number of rotatable bonds is 3. The van der Waals surface area contributed by atoms with Crippen LogP contribution in [0.5, 0.6) is 0 Å². The highest BCUT2D eigenvalue weighted by atomic mass is 15.0. The summed E-state index contributed by atoms with van der Waals surface area (Å²) in [4.78, 5) is 0. The van der Waals surface area contributed by atoms with Gasteiger partial charge in [-0.1, -0.05) is 64.7 Å². The fourth-order valence-electron chi connectivity index (χ4n) is 2.96. The van der Waals surface area contributed by atoms with E-state index in [0.717, 1.165) is 6.04 Å². The second-order valence-corrected chi connectivity index (χ2v) is 6.84. The van der Waals surface area contributed by atoms with Crippen molar-refractivity contribution in [1.82, 2.24) is 5.32 Å². The van der Waals surface area contributed by atoms with E-state index >= 15 is 0 Å². The number of hydrogen-bond donors (Lipinski definition) is 1. The molecule has 0 heterocycles. The van der Waals surface area contributed by atoms with Gasteiger partial charge in [-0.2, -0.15) is 0 Å². The summed E-state index contributed by atoms with van der Waals surface area (Å²) in [5, 5.41) is 3.90. The summed E-state index contributed by atoms with van der Waals surface area (Å²) in [6.07, 6.45) is 17.1. The molecule has 0 unspecified atom stereocenters. The van der Waals surface area contributed by atoms with E-state index in [9.17, 15) is 0 Å². The molecule has 0 aromatic heterocycles. The summed E-state index contributed by atoms with van der Waals surface area (Å²) in [7, 11) is 0. The highest BCUT2D eigenvalue weighted by Gasteiger charge is 2.19. The maximum atomic E-state index is 3.90. The Hall–Kier alpha value is -0.0400. The smallest absolute Gasteiger partial charge is 0.0125 e. The Labute approximate surface area is 115 Å². The molecule has 0 aromatic rings. The molecule has 1 N–H and O–H groups in total. The Morgan fingerprint density at radius 1 is 0.778 bits per heavy atom. The van der Waals surface area contributed by atoms with E-state index in [0.29, 0.717) is 5.54 Å². The molecule has 0 saturated heterocycles. The van der Waals surface area contributed by atoms with Crippen molar-refractivity contribution in [2.45, 2.75) is 109 Å². The van der Waals surface area contributed by atoms with Crippen molar-refractivity contribution in [3.63, 3.8) is 0 Å². The Balaban J connectivity index is 2.36. The minimum atomic E-state index is 0.321. The van der Waals surface area contributed by atoms with Gasteiger partial charge in [0.1, 0.15) is 0 Å². The first-order valence-corrected chi connectivity index (χ1v) is 8.42. The number of nitrogens with one attached hydrogen (secondary N) is 1. The summed E-state index contributed by atoms with van der Waals surface area (Å²) in [5.41, 5.74) is 0.321. The molecule has 1 nitrogen and oxygen atoms in total. The minimum absolute atomic E-state index is 0.321. The normalized spacial score (nSPS) is 22.2. The molecule has 0 aliphatic heterocycles. The molecule has 1 aliphatic rings. The first kappa shape index (κ1) is 16.0. The van der Waals surface area contributed by atoms with Crippen LogP contribution in [0.3, 0.4) is 0 Å². The Bertz CT molecular complexity index is 186. The maximum Gasteiger partial charge on any atom is 0.0125 e. The largest absolute Gasteiger partial charge is 0.309 e. The first-order chi connectivity index (χ1) is 8.64. The molecule has 1 aliphatic carbocycles. The zero-order valence-corrected chi connectivity index (χ0v) is 13.1. The number of hydrogen-bond acceptors (Lipinski definition) is 1. The van der Waals surface area contributed by atoms with Crippen molar-refractivity contribution in [1.29, 1.82) is 0 Å². The van der Waals surface area contributed by atoms with Gasteiger partial charge in [-0.15, -0.1) is 0 Å². The van der Waals surface area contributed by atoms with E-state index in [2.05, 4.69) is 26.1 Å². The lowest BCUT2D eigenvalue weighted by Gasteiger charge is -2.31. The van der Waals surface area contributed by atoms with Gasteiger partial charge in [0.2, 0.25) is 0 Å². The average molecular weight is 253 g/mol. The van der Waals surface area contributed by atoms with E-state index in [1.807, 2.05) is 0 Å². The molecule has 1 heteroatoms. The Morgan fingerprint density at radius 2 is 1.17 bits per heavy atom. The van der Waals surface area contributed by atoms with Crippen LogP contribution in [-0.2, 0) is 0 Å². The zero-order valence-electron chi connectivity index (χ0n) is 13.1. The molecular formula is C17H35N. The van der Waals surface area contributed by atoms with E-state index < -0.39 is 0 Å². The van der Waals surface area contributed by atoms with Gasteiger partial charge in [-0.3, -0.25) is 0 Å². The molecule has 18 heavy (non-hydrogen) atoms. The summed E-state index contributed by atoms with van der Waals surface area (Å²) in [6.45, 7) is 6.99. The lowest BCUT2D eigenvalue weighted by Crippen LogP contribution is -2.45. The quantitative estimate of drug-likeness (QED) is 0.706. The molecule has 0 spiro atoms. The van der Waals surface area contributed by atoms with Crippen LogP contribution in [0.4, 0.5) is 0 Å². The third kappa shape index (κ3) is 7.41. The van der Waals surface area contributed by atoms with E-state index in [1.165, 1.54) is 77.0 Å². The van der Waals surface area contributed by atoms with Crippen LogP contribution in [0.15, 0.2) is 0 Å². The molecule has 0 atom stereocenters. The van der Waals surface area contributed by atoms with Gasteiger partial charge in [-0.25, -0.2) is 0 Å². The van der Waals surface area contributed by atoms with Gasteiger partial charge in [-0.05, 0) is 33.1 Å². The molecule has 1 rings (SSSR count). The van der Waals surface area contributed by atoms with Gasteiger partial charge < -0.3 is 5.32 Å². The second kappa shape index (κ2) is 8.96. The van der Waals surface area contributed by atoms with E-state index in [1.54, 1.807) is 0 Å². The van der Waals surface area contributed by atoms with Crippen molar-refractivity contribution >= 4 is 0 Å². The van der Waals surface area contributed by atoms with Crippen molar-refractivity contribution in [3.8, 4) is 0 Å². The Kier molecular flexibility index (Phi) is 7.97. The van der Waals surface area contributed by atoms with Crippen LogP contribution in [0, 0.1) is 0 Å². The summed E-state index contributed by atoms with van der Waals surface area (Å²) >= 11 is 0. The third-order valence-corrected chi connectivity index (χ3v) is 4.58. The molecule has 1 saturated carbocycles. The molecule has 0 radical (unpaired) electrons. The maximum absolute atomic E-state index is 3.90. The Morgan fingerprint density at radius 3 is 1.56 bits per heavy atom. The van der Waals surface area contributed by atoms with Crippen LogP contribution in [0.25, 0.3) is 0 Å². The van der Waals surface area contributed by atoms with Crippen LogP contribution in [0.1, 0.15) is 97.8 Å². The van der Waals surface area contributed by atoms with Gasteiger partial charge >= 0.3 is 0 Å². The fraction of sp³-hybridized carbons (Fsp3) is 1.00. The van der Waals surface area contributed by atoms with Gasteiger partial charge in [0.15, 0.2) is 0 Å². The van der Waals surface area contributed by atoms with Crippen molar-refractivity contribution in [2.75, 3.05) is 0 Å². The SMILES string of the molecule is CCC(C)(C)NC1CCCCCCCCCCC1. The monoisotopic (exact) mass is 253 g/mol. The van der Waals surface area contributed by atoms with Gasteiger partial charge in [0, 0.05) is 11.6 Å². The molecule has 0 bridgehead atoms. The second-order valence-electron chi connectivity index (χ2n) is 6.84. The lowest BCUT2D eigenvalue weighted by atomic mass is 9.94. The highest BCUT2D eigenvalue weighted by Crippen LogP contribution is 2.19. The fourth-order valence-corrected chi connectivity index (χ4v) is 2.96. The third-order valence-electron chi connectivity index (χ3n) is 4.58. The minimum Gasteiger partial charge on any atom is -0.309 e. The van der Waals surface area contributed by atoms with Gasteiger partial charge in [0.25, 0.3) is 0 Å². The zero-order chi connectivity index (χ0) is 13.3. The highest BCUT2D eigenvalue weighted by molar-refractivity contribution is 4.81. The van der Waals surface area contributed by atoms with Crippen molar-refractivity contribution < 1.29 is 0 Å². The molecular weight excluding hydrogens is 218 g/mol. The summed E-state index contributed by atoms with van der Waals surface area (Å²) < 4.78 is 0. The summed E-state index contributed by atoms with van der Waals surface area (Å²) in [5.74, 6) is 0. The van der Waals surface area contributed by atoms with Crippen LogP contribution >= 0.6 is 0 Å². The molecule has 0 amide bonds. The van der Waals surface area contributed by atoms with Crippen LogP contribution in [0.2, 0.25) is 0 Å². The van der Waals surface area contributed by atoms with E-state index in [4.69, 9.17) is 0 Å². The topological polar surface area (TPSA) is 12.0 Å². The van der Waals surface area contributed by atoms with Crippen LogP contribution in [-0.4, -0.2) is 11.6 Å². The predicted octanol–water partition coefficient (Wildman–Crippen LogP) is 5.44. The van der Waals surface area contributed by atoms with E-state index in [-0.39, 0.29) is 0 Å². The first-order valence-electron chi connectivity index (χ1n) is 8.42. The average Bonchev–Trinajstić information content (AvgIpc) is 2.32. The van der Waals surface area contributed by atoms with Gasteiger partial charge in [0.05, 0.1) is 0 Å². The predicted molar refractivity (Wildman–Crippen MR) is 82.1 cm³/mol. The molecule has 0 aromatic carbocycles. The van der Waals surface area contributed by atoms with Crippen LogP contribution < -0.4 is 5.32 Å². The molecule has 1 fully saturated rings.